The maximum atomic E-state index is 13.9. The van der Waals surface area contributed by atoms with Crippen LogP contribution in [0.25, 0.3) is 0 Å². The molecule has 0 saturated heterocycles. The first kappa shape index (κ1) is 12.7. The van der Waals surface area contributed by atoms with E-state index < -0.39 is 17.7 Å². The maximum absolute atomic E-state index is 13.9. The zero-order chi connectivity index (χ0) is 12.2. The van der Waals surface area contributed by atoms with E-state index in [1.807, 2.05) is 0 Å². The van der Waals surface area contributed by atoms with Gasteiger partial charge in [0.25, 0.3) is 0 Å². The molecule has 1 aromatic heterocycles. The largest absolute Gasteiger partial charge is 0.466 e. The van der Waals surface area contributed by atoms with Crippen LogP contribution in [0.4, 0.5) is 4.39 Å². The SMILES string of the molecule is CCOC(=O)CC(n1cccn1)C(C)(C)F. The zero-order valence-corrected chi connectivity index (χ0v) is 9.81. The number of ether oxygens (including phenoxy) is 1. The lowest BCUT2D eigenvalue weighted by molar-refractivity contribution is -0.145. The van der Waals surface area contributed by atoms with Crippen molar-refractivity contribution >= 4 is 5.97 Å². The standard InChI is InChI=1S/C11H17FN2O2/c1-4-16-10(15)8-9(11(2,3)12)14-7-5-6-13-14/h5-7,9H,4,8H2,1-3H3. The second-order valence-corrected chi connectivity index (χ2v) is 4.08. The van der Waals surface area contributed by atoms with Gasteiger partial charge in [0, 0.05) is 12.4 Å². The number of esters is 1. The Morgan fingerprint density at radius 1 is 1.62 bits per heavy atom. The Kier molecular flexibility index (Phi) is 4.04. The minimum atomic E-state index is -1.53. The second kappa shape index (κ2) is 5.09. The molecule has 0 fully saturated rings. The Labute approximate surface area is 94.4 Å². The first-order valence-corrected chi connectivity index (χ1v) is 5.28. The van der Waals surface area contributed by atoms with Gasteiger partial charge >= 0.3 is 5.97 Å². The smallest absolute Gasteiger partial charge is 0.308 e. The van der Waals surface area contributed by atoms with Gasteiger partial charge in [-0.15, -0.1) is 0 Å². The van der Waals surface area contributed by atoms with Gasteiger partial charge in [-0.2, -0.15) is 5.10 Å². The number of hydrogen-bond donors (Lipinski definition) is 0. The Morgan fingerprint density at radius 3 is 2.75 bits per heavy atom. The average Bonchev–Trinajstić information content (AvgIpc) is 2.65. The van der Waals surface area contributed by atoms with Gasteiger partial charge in [0.15, 0.2) is 0 Å². The normalized spacial score (nSPS) is 13.5. The van der Waals surface area contributed by atoms with Crippen molar-refractivity contribution < 1.29 is 13.9 Å². The lowest BCUT2D eigenvalue weighted by atomic mass is 9.98. The van der Waals surface area contributed by atoms with Crippen LogP contribution in [0.5, 0.6) is 0 Å². The number of aromatic nitrogens is 2. The van der Waals surface area contributed by atoms with E-state index in [-0.39, 0.29) is 6.42 Å². The third-order valence-corrected chi connectivity index (χ3v) is 2.30. The van der Waals surface area contributed by atoms with Gasteiger partial charge in [-0.1, -0.05) is 0 Å². The quantitative estimate of drug-likeness (QED) is 0.725. The van der Waals surface area contributed by atoms with Gasteiger partial charge in [-0.3, -0.25) is 9.48 Å². The second-order valence-electron chi connectivity index (χ2n) is 4.08. The summed E-state index contributed by atoms with van der Waals surface area (Å²) in [4.78, 5) is 11.4. The number of carbonyl (C=O) groups excluding carboxylic acids is 1. The van der Waals surface area contributed by atoms with Gasteiger partial charge in [0.1, 0.15) is 5.67 Å². The molecule has 0 aromatic carbocycles. The topological polar surface area (TPSA) is 44.1 Å². The van der Waals surface area contributed by atoms with Crippen LogP contribution in [-0.4, -0.2) is 28.0 Å². The number of nitrogens with zero attached hydrogens (tertiary/aromatic N) is 2. The van der Waals surface area contributed by atoms with Gasteiger partial charge in [-0.05, 0) is 26.8 Å². The highest BCUT2D eigenvalue weighted by Gasteiger charge is 2.33. The van der Waals surface area contributed by atoms with E-state index in [0.29, 0.717) is 6.61 Å². The van der Waals surface area contributed by atoms with Crippen LogP contribution in [0.2, 0.25) is 0 Å². The number of carbonyl (C=O) groups is 1. The molecular formula is C11H17FN2O2. The van der Waals surface area contributed by atoms with E-state index in [1.165, 1.54) is 18.5 Å². The Hall–Kier alpha value is -1.39. The molecule has 90 valence electrons. The van der Waals surface area contributed by atoms with E-state index in [0.717, 1.165) is 0 Å². The molecule has 0 aliphatic rings. The molecular weight excluding hydrogens is 211 g/mol. The fraction of sp³-hybridized carbons (Fsp3) is 0.636. The predicted octanol–water partition coefficient (Wildman–Crippen LogP) is 2.13. The molecule has 4 nitrogen and oxygen atoms in total. The zero-order valence-electron chi connectivity index (χ0n) is 9.81. The average molecular weight is 228 g/mol. The van der Waals surface area contributed by atoms with E-state index in [1.54, 1.807) is 25.4 Å². The summed E-state index contributed by atoms with van der Waals surface area (Å²) in [5.74, 6) is -0.409. The van der Waals surface area contributed by atoms with Crippen molar-refractivity contribution in [2.75, 3.05) is 6.61 Å². The minimum Gasteiger partial charge on any atom is -0.466 e. The van der Waals surface area contributed by atoms with E-state index in [9.17, 15) is 9.18 Å². The molecule has 0 bridgehead atoms. The monoisotopic (exact) mass is 228 g/mol. The van der Waals surface area contributed by atoms with Crippen LogP contribution in [0.15, 0.2) is 18.5 Å². The first-order valence-electron chi connectivity index (χ1n) is 5.28. The van der Waals surface area contributed by atoms with Gasteiger partial charge in [0.05, 0.1) is 19.1 Å². The molecule has 1 aromatic rings. The van der Waals surface area contributed by atoms with Crippen LogP contribution in [0.3, 0.4) is 0 Å². The van der Waals surface area contributed by atoms with E-state index in [4.69, 9.17) is 4.74 Å². The summed E-state index contributed by atoms with van der Waals surface area (Å²) in [6.07, 6.45) is 3.19. The molecule has 0 aliphatic carbocycles. The van der Waals surface area contributed by atoms with Crippen molar-refractivity contribution in [1.29, 1.82) is 0 Å². The highest BCUT2D eigenvalue weighted by molar-refractivity contribution is 5.70. The molecule has 1 atom stereocenters. The number of hydrogen-bond acceptors (Lipinski definition) is 3. The number of halogens is 1. The lowest BCUT2D eigenvalue weighted by Crippen LogP contribution is -2.32. The third kappa shape index (κ3) is 3.32. The van der Waals surface area contributed by atoms with Gasteiger partial charge < -0.3 is 4.74 Å². The molecule has 0 spiro atoms. The fourth-order valence-corrected chi connectivity index (χ4v) is 1.49. The van der Waals surface area contributed by atoms with Crippen LogP contribution < -0.4 is 0 Å². The summed E-state index contributed by atoms with van der Waals surface area (Å²) in [6, 6.07) is 1.06. The van der Waals surface area contributed by atoms with Crippen molar-refractivity contribution in [3.05, 3.63) is 18.5 Å². The Bertz CT molecular complexity index is 330. The van der Waals surface area contributed by atoms with Crippen LogP contribution >= 0.6 is 0 Å². The molecule has 0 aliphatic heterocycles. The summed E-state index contributed by atoms with van der Waals surface area (Å²) in [5.41, 5.74) is -1.53. The van der Waals surface area contributed by atoms with E-state index in [2.05, 4.69) is 5.10 Å². The minimum absolute atomic E-state index is 0.0149. The fourth-order valence-electron chi connectivity index (χ4n) is 1.49. The Balaban J connectivity index is 2.78. The number of alkyl halides is 1. The van der Waals surface area contributed by atoms with Gasteiger partial charge in [0.2, 0.25) is 0 Å². The van der Waals surface area contributed by atoms with Crippen LogP contribution in [-0.2, 0) is 9.53 Å². The lowest BCUT2D eigenvalue weighted by Gasteiger charge is -2.26. The summed E-state index contributed by atoms with van der Waals surface area (Å²) in [5, 5.41) is 3.97. The van der Waals surface area contributed by atoms with Crippen LogP contribution in [0, 0.1) is 0 Å². The van der Waals surface area contributed by atoms with Crippen LogP contribution in [0.1, 0.15) is 33.2 Å². The molecule has 16 heavy (non-hydrogen) atoms. The molecule has 1 rings (SSSR count). The molecule has 1 unspecified atom stereocenters. The molecule has 0 radical (unpaired) electrons. The number of rotatable bonds is 5. The van der Waals surface area contributed by atoms with Gasteiger partial charge in [-0.25, -0.2) is 4.39 Å². The highest BCUT2D eigenvalue weighted by Crippen LogP contribution is 2.29. The van der Waals surface area contributed by atoms with Crippen molar-refractivity contribution in [2.45, 2.75) is 38.9 Å². The van der Waals surface area contributed by atoms with Crippen molar-refractivity contribution in [1.82, 2.24) is 9.78 Å². The maximum Gasteiger partial charge on any atom is 0.308 e. The summed E-state index contributed by atoms with van der Waals surface area (Å²) in [6.45, 7) is 4.88. The summed E-state index contributed by atoms with van der Waals surface area (Å²) in [7, 11) is 0. The summed E-state index contributed by atoms with van der Waals surface area (Å²) < 4.78 is 20.2. The molecule has 0 amide bonds. The third-order valence-electron chi connectivity index (χ3n) is 2.30. The Morgan fingerprint density at radius 2 is 2.31 bits per heavy atom. The molecule has 5 heteroatoms. The molecule has 1 heterocycles. The predicted molar refractivity (Wildman–Crippen MR) is 57.7 cm³/mol. The van der Waals surface area contributed by atoms with Crippen molar-refractivity contribution in [3.8, 4) is 0 Å². The van der Waals surface area contributed by atoms with Crippen molar-refractivity contribution in [2.24, 2.45) is 0 Å². The highest BCUT2D eigenvalue weighted by atomic mass is 19.1. The van der Waals surface area contributed by atoms with E-state index >= 15 is 0 Å². The summed E-state index contributed by atoms with van der Waals surface area (Å²) >= 11 is 0. The van der Waals surface area contributed by atoms with Crippen molar-refractivity contribution in [3.63, 3.8) is 0 Å². The molecule has 0 N–H and O–H groups in total. The first-order chi connectivity index (χ1) is 7.45. The molecule has 0 saturated carbocycles.